The quantitative estimate of drug-likeness (QED) is 0.815. The highest BCUT2D eigenvalue weighted by Gasteiger charge is 2.25. The molecule has 0 aliphatic heterocycles. The molecule has 1 aliphatic carbocycles. The molecular weight excluding hydrogens is 223 g/mol. The molecule has 4 nitrogen and oxygen atoms in total. The average Bonchev–Trinajstić information content (AvgIpc) is 2.33. The van der Waals surface area contributed by atoms with Crippen molar-refractivity contribution in [3.63, 3.8) is 0 Å². The predicted octanol–water partition coefficient (Wildman–Crippen LogP) is 1.25. The van der Waals surface area contributed by atoms with Gasteiger partial charge in [0.15, 0.2) is 0 Å². The van der Waals surface area contributed by atoms with Crippen LogP contribution in [0.4, 0.5) is 4.39 Å². The first-order valence-electron chi connectivity index (χ1n) is 5.77. The Morgan fingerprint density at radius 3 is 2.82 bits per heavy atom. The summed E-state index contributed by atoms with van der Waals surface area (Å²) in [7, 11) is 0. The molecule has 1 heterocycles. The summed E-state index contributed by atoms with van der Waals surface area (Å²) in [6.45, 7) is 0. The van der Waals surface area contributed by atoms with Crippen LogP contribution in [0.15, 0.2) is 18.3 Å². The van der Waals surface area contributed by atoms with Crippen molar-refractivity contribution >= 4 is 5.91 Å². The predicted molar refractivity (Wildman–Crippen MR) is 59.9 cm³/mol. The van der Waals surface area contributed by atoms with Crippen molar-refractivity contribution in [2.24, 2.45) is 0 Å². The Balaban J connectivity index is 1.98. The number of carbonyl (C=O) groups is 1. The molecule has 0 bridgehead atoms. The number of hydrogen-bond acceptors (Lipinski definition) is 3. The lowest BCUT2D eigenvalue weighted by Gasteiger charge is -2.28. The molecule has 5 heteroatoms. The van der Waals surface area contributed by atoms with Gasteiger partial charge in [-0.3, -0.25) is 4.79 Å². The lowest BCUT2D eigenvalue weighted by atomic mass is 9.92. The van der Waals surface area contributed by atoms with Crippen molar-refractivity contribution < 1.29 is 14.3 Å². The molecule has 0 unspecified atom stereocenters. The van der Waals surface area contributed by atoms with Gasteiger partial charge < -0.3 is 10.4 Å². The molecule has 1 saturated carbocycles. The monoisotopic (exact) mass is 238 g/mol. The zero-order chi connectivity index (χ0) is 12.3. The maximum atomic E-state index is 12.6. The Hall–Kier alpha value is -1.49. The van der Waals surface area contributed by atoms with Gasteiger partial charge in [0.05, 0.1) is 18.3 Å². The van der Waals surface area contributed by atoms with Gasteiger partial charge in [0.25, 0.3) is 5.91 Å². The minimum absolute atomic E-state index is 0.171. The van der Waals surface area contributed by atoms with Gasteiger partial charge >= 0.3 is 0 Å². The van der Waals surface area contributed by atoms with Crippen LogP contribution in [0, 0.1) is 5.82 Å². The Kier molecular flexibility index (Phi) is 3.68. The van der Waals surface area contributed by atoms with Gasteiger partial charge in [-0.15, -0.1) is 0 Å². The normalized spacial score (nSPS) is 24.4. The molecule has 0 aromatic carbocycles. The minimum atomic E-state index is -0.492. The van der Waals surface area contributed by atoms with E-state index < -0.39 is 11.9 Å². The van der Waals surface area contributed by atoms with Crippen LogP contribution in [0.3, 0.4) is 0 Å². The Morgan fingerprint density at radius 1 is 1.41 bits per heavy atom. The Bertz CT molecular complexity index is 394. The summed E-state index contributed by atoms with van der Waals surface area (Å²) in [5.74, 6) is -0.838. The molecule has 1 aliphatic rings. The number of amides is 1. The van der Waals surface area contributed by atoms with Crippen molar-refractivity contribution in [1.29, 1.82) is 0 Å². The summed E-state index contributed by atoms with van der Waals surface area (Å²) in [5.41, 5.74) is 0.171. The van der Waals surface area contributed by atoms with Crippen LogP contribution >= 0.6 is 0 Å². The lowest BCUT2D eigenvalue weighted by molar-refractivity contribution is 0.0713. The second kappa shape index (κ2) is 5.23. The smallest absolute Gasteiger partial charge is 0.270 e. The number of aliphatic hydroxyl groups excluding tert-OH is 1. The Labute approximate surface area is 98.9 Å². The van der Waals surface area contributed by atoms with Crippen LogP contribution in [0.25, 0.3) is 0 Å². The van der Waals surface area contributed by atoms with E-state index in [1.807, 2.05) is 0 Å². The third kappa shape index (κ3) is 3.00. The molecule has 1 aromatic heterocycles. The third-order valence-electron chi connectivity index (χ3n) is 3.01. The minimum Gasteiger partial charge on any atom is -0.391 e. The second-order valence-corrected chi connectivity index (χ2v) is 4.29. The van der Waals surface area contributed by atoms with Gasteiger partial charge in [-0.2, -0.15) is 0 Å². The number of nitrogens with one attached hydrogen (secondary N) is 1. The van der Waals surface area contributed by atoms with Gasteiger partial charge in [0.1, 0.15) is 11.5 Å². The molecule has 0 saturated heterocycles. The highest BCUT2D eigenvalue weighted by atomic mass is 19.1. The van der Waals surface area contributed by atoms with Gasteiger partial charge in [-0.1, -0.05) is 12.8 Å². The van der Waals surface area contributed by atoms with E-state index in [1.165, 1.54) is 12.1 Å². The van der Waals surface area contributed by atoms with E-state index in [-0.39, 0.29) is 17.6 Å². The van der Waals surface area contributed by atoms with Crippen molar-refractivity contribution in [1.82, 2.24) is 10.3 Å². The molecule has 1 amide bonds. The van der Waals surface area contributed by atoms with Crippen LogP contribution in [0.5, 0.6) is 0 Å². The lowest BCUT2D eigenvalue weighted by Crippen LogP contribution is -2.45. The van der Waals surface area contributed by atoms with E-state index in [0.717, 1.165) is 25.5 Å². The van der Waals surface area contributed by atoms with Crippen LogP contribution in [0.2, 0.25) is 0 Å². The topological polar surface area (TPSA) is 62.2 Å². The number of carbonyl (C=O) groups excluding carboxylic acids is 1. The van der Waals surface area contributed by atoms with E-state index in [2.05, 4.69) is 10.3 Å². The van der Waals surface area contributed by atoms with Crippen LogP contribution in [-0.2, 0) is 0 Å². The van der Waals surface area contributed by atoms with E-state index in [1.54, 1.807) is 0 Å². The van der Waals surface area contributed by atoms with Crippen LogP contribution in [-0.4, -0.2) is 28.1 Å². The number of nitrogens with zero attached hydrogens (tertiary/aromatic N) is 1. The van der Waals surface area contributed by atoms with Crippen molar-refractivity contribution in [2.45, 2.75) is 37.8 Å². The first kappa shape index (κ1) is 12.0. The van der Waals surface area contributed by atoms with Crippen LogP contribution in [0.1, 0.15) is 36.2 Å². The molecule has 0 spiro atoms. The molecular formula is C12H15FN2O2. The average molecular weight is 238 g/mol. The highest BCUT2D eigenvalue weighted by Crippen LogP contribution is 2.18. The maximum Gasteiger partial charge on any atom is 0.270 e. The fraction of sp³-hybridized carbons (Fsp3) is 0.500. The van der Waals surface area contributed by atoms with Crippen molar-refractivity contribution in [3.05, 3.63) is 29.8 Å². The number of aliphatic hydroxyl groups is 1. The molecule has 17 heavy (non-hydrogen) atoms. The fourth-order valence-electron chi connectivity index (χ4n) is 2.03. The summed E-state index contributed by atoms with van der Waals surface area (Å²) in [5, 5.41) is 12.4. The fourth-order valence-corrected chi connectivity index (χ4v) is 2.03. The molecule has 1 fully saturated rings. The largest absolute Gasteiger partial charge is 0.391 e. The molecule has 92 valence electrons. The van der Waals surface area contributed by atoms with E-state index in [4.69, 9.17) is 0 Å². The number of aromatic nitrogens is 1. The summed E-state index contributed by atoms with van der Waals surface area (Å²) in [4.78, 5) is 15.5. The molecule has 2 atom stereocenters. The zero-order valence-corrected chi connectivity index (χ0v) is 9.40. The van der Waals surface area contributed by atoms with E-state index in [9.17, 15) is 14.3 Å². The maximum absolute atomic E-state index is 12.6. The molecule has 2 rings (SSSR count). The first-order chi connectivity index (χ1) is 8.16. The summed E-state index contributed by atoms with van der Waals surface area (Å²) in [6.07, 6.45) is 3.98. The highest BCUT2D eigenvalue weighted by molar-refractivity contribution is 5.92. The zero-order valence-electron chi connectivity index (χ0n) is 9.40. The van der Waals surface area contributed by atoms with E-state index >= 15 is 0 Å². The molecule has 0 radical (unpaired) electrons. The summed E-state index contributed by atoms with van der Waals surface area (Å²) < 4.78 is 12.6. The van der Waals surface area contributed by atoms with Gasteiger partial charge in [-0.05, 0) is 25.0 Å². The van der Waals surface area contributed by atoms with Crippen LogP contribution < -0.4 is 5.32 Å². The number of hydrogen-bond donors (Lipinski definition) is 2. The van der Waals surface area contributed by atoms with Gasteiger partial charge in [-0.25, -0.2) is 9.37 Å². The second-order valence-electron chi connectivity index (χ2n) is 4.29. The Morgan fingerprint density at radius 2 is 2.18 bits per heavy atom. The molecule has 2 N–H and O–H groups in total. The standard InChI is InChI=1S/C12H15FN2O2/c13-8-5-6-10(14-7-8)12(17)15-9-3-1-2-4-11(9)16/h5-7,9,11,16H,1-4H2,(H,15,17)/t9-,11-/m0/s1. The summed E-state index contributed by atoms with van der Waals surface area (Å²) in [6, 6.07) is 2.31. The SMILES string of the molecule is O=C(N[C@H]1CCCC[C@@H]1O)c1ccc(F)cn1. The van der Waals surface area contributed by atoms with Crippen molar-refractivity contribution in [2.75, 3.05) is 0 Å². The van der Waals surface area contributed by atoms with E-state index in [0.29, 0.717) is 6.42 Å². The first-order valence-corrected chi connectivity index (χ1v) is 5.77. The van der Waals surface area contributed by atoms with Gasteiger partial charge in [0, 0.05) is 0 Å². The number of pyridine rings is 1. The summed E-state index contributed by atoms with van der Waals surface area (Å²) >= 11 is 0. The third-order valence-corrected chi connectivity index (χ3v) is 3.01. The number of halogens is 1. The van der Waals surface area contributed by atoms with Gasteiger partial charge in [0.2, 0.25) is 0 Å². The molecule has 1 aromatic rings. The van der Waals surface area contributed by atoms with Crippen molar-refractivity contribution in [3.8, 4) is 0 Å². The number of rotatable bonds is 2.